The molecule has 0 aromatic heterocycles. The molecule has 0 fully saturated rings. The smallest absolute Gasteiger partial charge is 0.139 e. The fourth-order valence-electron chi connectivity index (χ4n) is 1.36. The van der Waals surface area contributed by atoms with E-state index in [9.17, 15) is 4.79 Å². The third-order valence-corrected chi connectivity index (χ3v) is 2.96. The fraction of sp³-hybridized carbons (Fsp3) is 0.462. The van der Waals surface area contributed by atoms with Gasteiger partial charge in [-0.25, -0.2) is 0 Å². The van der Waals surface area contributed by atoms with Crippen LogP contribution in [0.5, 0.6) is 0 Å². The van der Waals surface area contributed by atoms with Crippen molar-refractivity contribution in [3.05, 3.63) is 35.4 Å². The van der Waals surface area contributed by atoms with Crippen molar-refractivity contribution in [2.24, 2.45) is 0 Å². The summed E-state index contributed by atoms with van der Waals surface area (Å²) in [5.74, 6) is 0.210. The maximum Gasteiger partial charge on any atom is 0.139 e. The van der Waals surface area contributed by atoms with Gasteiger partial charge in [-0.1, -0.05) is 31.2 Å². The molecule has 76 valence electrons. The van der Waals surface area contributed by atoms with Crippen molar-refractivity contribution in [2.45, 2.75) is 39.5 Å². The molecule has 0 radical (unpaired) electrons. The Morgan fingerprint density at radius 3 is 2.07 bits per heavy atom. The predicted molar refractivity (Wildman–Crippen MR) is 59.5 cm³/mol. The average molecular weight is 190 g/mol. The third kappa shape index (κ3) is 2.03. The molecule has 0 atom stereocenters. The van der Waals surface area contributed by atoms with Crippen LogP contribution in [-0.2, 0) is 16.6 Å². The zero-order valence-corrected chi connectivity index (χ0v) is 9.42. The number of carbonyl (C=O) groups excluding carboxylic acids is 1. The van der Waals surface area contributed by atoms with Gasteiger partial charge in [0, 0.05) is 5.41 Å². The lowest BCUT2D eigenvalue weighted by atomic mass is 9.81. The largest absolute Gasteiger partial charge is 0.299 e. The summed E-state index contributed by atoms with van der Waals surface area (Å²) < 4.78 is 0. The maximum atomic E-state index is 11.4. The van der Waals surface area contributed by atoms with Crippen molar-refractivity contribution >= 4 is 5.78 Å². The van der Waals surface area contributed by atoms with Gasteiger partial charge in [0.2, 0.25) is 0 Å². The monoisotopic (exact) mass is 190 g/mol. The number of rotatable bonds is 3. The zero-order valence-electron chi connectivity index (χ0n) is 9.42. The van der Waals surface area contributed by atoms with Gasteiger partial charge >= 0.3 is 0 Å². The molecule has 1 aromatic carbocycles. The van der Waals surface area contributed by atoms with Crippen LogP contribution >= 0.6 is 0 Å². The quantitative estimate of drug-likeness (QED) is 0.715. The summed E-state index contributed by atoms with van der Waals surface area (Å²) in [6.45, 7) is 7.71. The number of benzene rings is 1. The van der Waals surface area contributed by atoms with Crippen molar-refractivity contribution < 1.29 is 4.79 Å². The van der Waals surface area contributed by atoms with Gasteiger partial charge in [0.1, 0.15) is 5.78 Å². The van der Waals surface area contributed by atoms with Crippen molar-refractivity contribution in [3.63, 3.8) is 0 Å². The Morgan fingerprint density at radius 2 is 1.71 bits per heavy atom. The van der Waals surface area contributed by atoms with Gasteiger partial charge in [0.05, 0.1) is 0 Å². The Kier molecular flexibility index (Phi) is 3.10. The summed E-state index contributed by atoms with van der Waals surface area (Å²) in [5, 5.41) is 0. The zero-order chi connectivity index (χ0) is 10.8. The first-order valence-electron chi connectivity index (χ1n) is 5.09. The molecule has 0 aliphatic rings. The van der Waals surface area contributed by atoms with Crippen molar-refractivity contribution in [1.29, 1.82) is 0 Å². The molecule has 0 heterocycles. The minimum Gasteiger partial charge on any atom is -0.299 e. The number of Topliss-reactive ketones (excluding diaryl/α,β-unsaturated/α-hetero) is 1. The van der Waals surface area contributed by atoms with Crippen LogP contribution in [0.3, 0.4) is 0 Å². The van der Waals surface area contributed by atoms with Crippen LogP contribution < -0.4 is 0 Å². The lowest BCUT2D eigenvalue weighted by molar-refractivity contribution is -0.121. The van der Waals surface area contributed by atoms with E-state index in [-0.39, 0.29) is 11.2 Å². The standard InChI is InChI=1S/C13H18O/c1-5-11-6-8-12(9-7-11)13(3,4)10(2)14/h6-9H,5H2,1-4H3. The second kappa shape index (κ2) is 3.95. The predicted octanol–water partition coefficient (Wildman–Crippen LogP) is 3.12. The Labute approximate surface area is 86.1 Å². The molecule has 1 nitrogen and oxygen atoms in total. The summed E-state index contributed by atoms with van der Waals surface area (Å²) in [6, 6.07) is 8.31. The number of hydrogen-bond donors (Lipinski definition) is 0. The van der Waals surface area contributed by atoms with Crippen molar-refractivity contribution in [3.8, 4) is 0 Å². The fourth-order valence-corrected chi connectivity index (χ4v) is 1.36. The van der Waals surface area contributed by atoms with E-state index in [1.54, 1.807) is 6.92 Å². The van der Waals surface area contributed by atoms with Crippen LogP contribution in [0.2, 0.25) is 0 Å². The van der Waals surface area contributed by atoms with Crippen LogP contribution in [0.1, 0.15) is 38.8 Å². The molecule has 0 spiro atoms. The van der Waals surface area contributed by atoms with E-state index in [1.165, 1.54) is 5.56 Å². The minimum absolute atomic E-state index is 0.210. The molecule has 1 heteroatoms. The molecule has 0 N–H and O–H groups in total. The molecular formula is C13H18O. The Bertz CT molecular complexity index is 320. The lowest BCUT2D eigenvalue weighted by Gasteiger charge is -2.21. The number of hydrogen-bond acceptors (Lipinski definition) is 1. The van der Waals surface area contributed by atoms with Crippen molar-refractivity contribution in [2.75, 3.05) is 0 Å². The summed E-state index contributed by atoms with van der Waals surface area (Å²) in [5.41, 5.74) is 2.06. The molecular weight excluding hydrogens is 172 g/mol. The van der Waals surface area contributed by atoms with Gasteiger partial charge < -0.3 is 0 Å². The summed E-state index contributed by atoms with van der Waals surface area (Å²) >= 11 is 0. The highest BCUT2D eigenvalue weighted by Gasteiger charge is 2.25. The molecule has 0 aliphatic carbocycles. The third-order valence-electron chi connectivity index (χ3n) is 2.96. The van der Waals surface area contributed by atoms with E-state index < -0.39 is 0 Å². The first-order valence-corrected chi connectivity index (χ1v) is 5.09. The molecule has 0 aliphatic heterocycles. The molecule has 0 saturated carbocycles. The average Bonchev–Trinajstić information content (AvgIpc) is 2.17. The highest BCUT2D eigenvalue weighted by molar-refractivity contribution is 5.87. The van der Waals surface area contributed by atoms with E-state index >= 15 is 0 Å². The van der Waals surface area contributed by atoms with Gasteiger partial charge in [-0.2, -0.15) is 0 Å². The molecule has 1 rings (SSSR count). The SMILES string of the molecule is CCc1ccc(C(C)(C)C(C)=O)cc1. The summed E-state index contributed by atoms with van der Waals surface area (Å²) in [4.78, 5) is 11.4. The van der Waals surface area contributed by atoms with Crippen LogP contribution in [0.15, 0.2) is 24.3 Å². The maximum absolute atomic E-state index is 11.4. The van der Waals surface area contributed by atoms with Crippen molar-refractivity contribution in [1.82, 2.24) is 0 Å². The van der Waals surface area contributed by atoms with Gasteiger partial charge in [-0.15, -0.1) is 0 Å². The van der Waals surface area contributed by atoms with Gasteiger partial charge in [-0.05, 0) is 38.3 Å². The van der Waals surface area contributed by atoms with Crippen LogP contribution in [0, 0.1) is 0 Å². The minimum atomic E-state index is -0.355. The molecule has 0 bridgehead atoms. The summed E-state index contributed by atoms with van der Waals surface area (Å²) in [7, 11) is 0. The molecule has 0 amide bonds. The van der Waals surface area contributed by atoms with E-state index in [2.05, 4.69) is 31.2 Å². The topological polar surface area (TPSA) is 17.1 Å². The molecule has 1 aromatic rings. The van der Waals surface area contributed by atoms with E-state index in [0.717, 1.165) is 12.0 Å². The van der Waals surface area contributed by atoms with E-state index in [0.29, 0.717) is 0 Å². The van der Waals surface area contributed by atoms with Crippen LogP contribution in [0.4, 0.5) is 0 Å². The Morgan fingerprint density at radius 1 is 1.21 bits per heavy atom. The second-order valence-electron chi connectivity index (χ2n) is 4.23. The summed E-state index contributed by atoms with van der Waals surface area (Å²) in [6.07, 6.45) is 1.04. The van der Waals surface area contributed by atoms with Gasteiger partial charge in [0.25, 0.3) is 0 Å². The van der Waals surface area contributed by atoms with E-state index in [1.807, 2.05) is 13.8 Å². The lowest BCUT2D eigenvalue weighted by Crippen LogP contribution is -2.26. The van der Waals surface area contributed by atoms with Gasteiger partial charge in [0.15, 0.2) is 0 Å². The number of aryl methyl sites for hydroxylation is 1. The van der Waals surface area contributed by atoms with Crippen LogP contribution in [0.25, 0.3) is 0 Å². The van der Waals surface area contributed by atoms with E-state index in [4.69, 9.17) is 0 Å². The highest BCUT2D eigenvalue weighted by atomic mass is 16.1. The Balaban J connectivity index is 3.02. The first kappa shape index (κ1) is 11.0. The highest BCUT2D eigenvalue weighted by Crippen LogP contribution is 2.24. The Hall–Kier alpha value is -1.11. The first-order chi connectivity index (χ1) is 6.48. The normalized spacial score (nSPS) is 11.4. The molecule has 14 heavy (non-hydrogen) atoms. The molecule has 0 saturated heterocycles. The van der Waals surface area contributed by atoms with Gasteiger partial charge in [-0.3, -0.25) is 4.79 Å². The molecule has 0 unspecified atom stereocenters. The number of carbonyl (C=O) groups is 1. The second-order valence-corrected chi connectivity index (χ2v) is 4.23. The number of ketones is 1. The van der Waals surface area contributed by atoms with Crippen LogP contribution in [-0.4, -0.2) is 5.78 Å².